The molecule has 5 aromatic rings. The van der Waals surface area contributed by atoms with Gasteiger partial charge in [-0.1, -0.05) is 42.5 Å². The zero-order valence-corrected chi connectivity index (χ0v) is 17.6. The number of aromatic amines is 1. The zero-order valence-electron chi connectivity index (χ0n) is 17.6. The Morgan fingerprint density at radius 2 is 1.69 bits per heavy atom. The van der Waals surface area contributed by atoms with E-state index in [9.17, 15) is 0 Å². The normalized spacial score (nSPS) is 18.0. The van der Waals surface area contributed by atoms with Gasteiger partial charge in [-0.25, -0.2) is 4.98 Å². The van der Waals surface area contributed by atoms with E-state index >= 15 is 0 Å². The van der Waals surface area contributed by atoms with E-state index in [1.54, 1.807) is 6.20 Å². The Bertz CT molecular complexity index is 1360. The van der Waals surface area contributed by atoms with Gasteiger partial charge >= 0.3 is 0 Å². The van der Waals surface area contributed by atoms with Gasteiger partial charge in [-0.15, -0.1) is 0 Å². The quantitative estimate of drug-likeness (QED) is 0.371. The van der Waals surface area contributed by atoms with Crippen molar-refractivity contribution in [2.24, 2.45) is 0 Å². The number of nitrogens with one attached hydrogen (secondary N) is 1. The van der Waals surface area contributed by atoms with Crippen LogP contribution in [0.25, 0.3) is 32.9 Å². The number of rotatable bonds is 6. The van der Waals surface area contributed by atoms with E-state index in [1.165, 1.54) is 10.9 Å². The molecule has 1 saturated carbocycles. The fraction of sp³-hybridized carbons (Fsp3) is 0.185. The molecule has 0 atom stereocenters. The van der Waals surface area contributed by atoms with Crippen molar-refractivity contribution in [3.63, 3.8) is 0 Å². The average Bonchev–Trinajstić information content (AvgIpc) is 3.19. The maximum atomic E-state index is 6.03. The van der Waals surface area contributed by atoms with Gasteiger partial charge in [0.15, 0.2) is 0 Å². The summed E-state index contributed by atoms with van der Waals surface area (Å²) >= 11 is 0. The molecule has 0 amide bonds. The Morgan fingerprint density at radius 1 is 0.812 bits per heavy atom. The van der Waals surface area contributed by atoms with Gasteiger partial charge in [0.25, 0.3) is 0 Å². The first-order valence-corrected chi connectivity index (χ1v) is 11.0. The molecule has 0 saturated heterocycles. The third-order valence-electron chi connectivity index (χ3n) is 6.14. The molecule has 1 aliphatic carbocycles. The Balaban J connectivity index is 1.08. The molecule has 5 heteroatoms. The summed E-state index contributed by atoms with van der Waals surface area (Å²) in [6, 6.07) is 22.7. The number of benzene rings is 2. The van der Waals surface area contributed by atoms with E-state index in [4.69, 9.17) is 9.47 Å². The van der Waals surface area contributed by atoms with Crippen molar-refractivity contribution >= 4 is 21.8 Å². The van der Waals surface area contributed by atoms with Crippen LogP contribution in [0.1, 0.15) is 18.4 Å². The highest BCUT2D eigenvalue weighted by atomic mass is 16.5. The lowest BCUT2D eigenvalue weighted by Gasteiger charge is -2.34. The van der Waals surface area contributed by atoms with Gasteiger partial charge in [0.1, 0.15) is 6.10 Å². The average molecular weight is 422 g/mol. The molecule has 0 radical (unpaired) electrons. The summed E-state index contributed by atoms with van der Waals surface area (Å²) in [6.45, 7) is 0.655. The SMILES string of the molecule is c1ccc(CO[C@H]2C[C@@H](Oc3ccc(-c4ccc5c(c4)[nH]c4ccncc45)cn3)C2)cc1. The zero-order chi connectivity index (χ0) is 21.3. The molecule has 1 fully saturated rings. The summed E-state index contributed by atoms with van der Waals surface area (Å²) in [4.78, 5) is 12.2. The highest BCUT2D eigenvalue weighted by Gasteiger charge is 2.32. The number of ether oxygens (including phenoxy) is 2. The van der Waals surface area contributed by atoms with Crippen LogP contribution in [0.2, 0.25) is 0 Å². The van der Waals surface area contributed by atoms with Crippen molar-refractivity contribution in [1.29, 1.82) is 0 Å². The summed E-state index contributed by atoms with van der Waals surface area (Å²) in [6.07, 6.45) is 7.83. The second-order valence-electron chi connectivity index (χ2n) is 8.32. The Kier molecular flexibility index (Phi) is 4.81. The van der Waals surface area contributed by atoms with Crippen LogP contribution >= 0.6 is 0 Å². The van der Waals surface area contributed by atoms with Crippen molar-refractivity contribution < 1.29 is 9.47 Å². The van der Waals surface area contributed by atoms with E-state index in [0.29, 0.717) is 12.5 Å². The first-order valence-electron chi connectivity index (χ1n) is 11.0. The van der Waals surface area contributed by atoms with Crippen LogP contribution in [-0.4, -0.2) is 27.2 Å². The summed E-state index contributed by atoms with van der Waals surface area (Å²) in [5.41, 5.74) is 5.58. The number of fused-ring (bicyclic) bond motifs is 3. The lowest BCUT2D eigenvalue weighted by atomic mass is 9.92. The first kappa shape index (κ1) is 19.0. The minimum Gasteiger partial charge on any atom is -0.474 e. The van der Waals surface area contributed by atoms with Crippen LogP contribution in [0.3, 0.4) is 0 Å². The van der Waals surface area contributed by atoms with Gasteiger partial charge < -0.3 is 14.5 Å². The molecular weight excluding hydrogens is 398 g/mol. The number of pyridine rings is 2. The Hall–Kier alpha value is -3.70. The van der Waals surface area contributed by atoms with E-state index < -0.39 is 0 Å². The third kappa shape index (κ3) is 3.72. The van der Waals surface area contributed by atoms with Gasteiger partial charge in [-0.05, 0) is 29.3 Å². The van der Waals surface area contributed by atoms with Crippen molar-refractivity contribution in [2.45, 2.75) is 31.7 Å². The van der Waals surface area contributed by atoms with E-state index in [1.807, 2.05) is 42.7 Å². The number of H-pyrrole nitrogens is 1. The minimum atomic E-state index is 0.172. The molecule has 32 heavy (non-hydrogen) atoms. The van der Waals surface area contributed by atoms with Gasteiger partial charge in [0.2, 0.25) is 5.88 Å². The van der Waals surface area contributed by atoms with Gasteiger partial charge in [0, 0.05) is 64.9 Å². The molecule has 1 aliphatic rings. The lowest BCUT2D eigenvalue weighted by Crippen LogP contribution is -2.39. The topological polar surface area (TPSA) is 60.0 Å². The largest absolute Gasteiger partial charge is 0.474 e. The summed E-state index contributed by atoms with van der Waals surface area (Å²) in [5.74, 6) is 0.665. The van der Waals surface area contributed by atoms with Gasteiger partial charge in [0.05, 0.1) is 12.7 Å². The summed E-state index contributed by atoms with van der Waals surface area (Å²) < 4.78 is 12.0. The highest BCUT2D eigenvalue weighted by molar-refractivity contribution is 6.07. The van der Waals surface area contributed by atoms with E-state index in [-0.39, 0.29) is 12.2 Å². The fourth-order valence-corrected chi connectivity index (χ4v) is 4.25. The van der Waals surface area contributed by atoms with E-state index in [2.05, 4.69) is 51.4 Å². The Labute approximate surface area is 186 Å². The molecule has 3 heterocycles. The molecule has 5 nitrogen and oxygen atoms in total. The van der Waals surface area contributed by atoms with Crippen LogP contribution in [-0.2, 0) is 11.3 Å². The van der Waals surface area contributed by atoms with Crippen molar-refractivity contribution in [3.8, 4) is 17.0 Å². The maximum Gasteiger partial charge on any atom is 0.213 e. The molecule has 3 aromatic heterocycles. The summed E-state index contributed by atoms with van der Waals surface area (Å²) in [5, 5.41) is 2.32. The molecule has 0 spiro atoms. The molecular formula is C27H23N3O2. The van der Waals surface area contributed by atoms with Crippen molar-refractivity contribution in [2.75, 3.05) is 0 Å². The molecule has 1 N–H and O–H groups in total. The van der Waals surface area contributed by atoms with Crippen molar-refractivity contribution in [1.82, 2.24) is 15.0 Å². The Morgan fingerprint density at radius 3 is 2.53 bits per heavy atom. The molecule has 6 rings (SSSR count). The predicted octanol–water partition coefficient (Wildman–Crippen LogP) is 5.90. The lowest BCUT2D eigenvalue weighted by molar-refractivity contribution is -0.0694. The molecule has 2 aromatic carbocycles. The van der Waals surface area contributed by atoms with Crippen LogP contribution < -0.4 is 4.74 Å². The third-order valence-corrected chi connectivity index (χ3v) is 6.14. The van der Waals surface area contributed by atoms with E-state index in [0.717, 1.165) is 40.4 Å². The smallest absolute Gasteiger partial charge is 0.213 e. The molecule has 0 unspecified atom stereocenters. The predicted molar refractivity (Wildman–Crippen MR) is 125 cm³/mol. The van der Waals surface area contributed by atoms with Crippen LogP contribution in [0.15, 0.2) is 85.3 Å². The van der Waals surface area contributed by atoms with Gasteiger partial charge in [-0.2, -0.15) is 0 Å². The number of hydrogen-bond acceptors (Lipinski definition) is 4. The molecule has 0 aliphatic heterocycles. The maximum absolute atomic E-state index is 6.03. The monoisotopic (exact) mass is 421 g/mol. The van der Waals surface area contributed by atoms with Crippen LogP contribution in [0.5, 0.6) is 5.88 Å². The second-order valence-corrected chi connectivity index (χ2v) is 8.32. The van der Waals surface area contributed by atoms with Crippen LogP contribution in [0, 0.1) is 0 Å². The molecule has 158 valence electrons. The molecule has 0 bridgehead atoms. The number of hydrogen-bond donors (Lipinski definition) is 1. The highest BCUT2D eigenvalue weighted by Crippen LogP contribution is 2.31. The van der Waals surface area contributed by atoms with Crippen molar-refractivity contribution in [3.05, 3.63) is 90.9 Å². The van der Waals surface area contributed by atoms with Crippen LogP contribution in [0.4, 0.5) is 0 Å². The fourth-order valence-electron chi connectivity index (χ4n) is 4.25. The standard InChI is InChI=1S/C27H23N3O2/c1-2-4-18(5-3-1)17-31-21-13-22(14-21)32-27-9-7-20(15-29-27)19-6-8-23-24-16-28-11-10-25(24)30-26(23)12-19/h1-12,15-16,21-22,30H,13-14,17H2/t21-,22+. The number of aromatic nitrogens is 3. The summed E-state index contributed by atoms with van der Waals surface area (Å²) in [7, 11) is 0. The minimum absolute atomic E-state index is 0.172. The first-order chi connectivity index (χ1) is 15.8. The second kappa shape index (κ2) is 8.09. The van der Waals surface area contributed by atoms with Gasteiger partial charge in [-0.3, -0.25) is 4.98 Å². The number of nitrogens with zero attached hydrogens (tertiary/aromatic N) is 2.